The Kier molecular flexibility index (Phi) is 3.10. The molecule has 0 fully saturated rings. The van der Waals surface area contributed by atoms with Crippen LogP contribution >= 0.6 is 0 Å². The van der Waals surface area contributed by atoms with Gasteiger partial charge in [0.1, 0.15) is 17.0 Å². The molecule has 0 saturated carbocycles. The first kappa shape index (κ1) is 13.5. The molecule has 1 aromatic carbocycles. The number of carbonyl (C=O) groups is 1. The number of rotatable bonds is 2. The van der Waals surface area contributed by atoms with Crippen molar-refractivity contribution in [3.8, 4) is 0 Å². The zero-order valence-electron chi connectivity index (χ0n) is 11.4. The van der Waals surface area contributed by atoms with Gasteiger partial charge in [0.25, 0.3) is 0 Å². The van der Waals surface area contributed by atoms with Crippen LogP contribution in [0.15, 0.2) is 29.3 Å². The minimum atomic E-state index is -0.592. The maximum absolute atomic E-state index is 11.2. The summed E-state index contributed by atoms with van der Waals surface area (Å²) in [6.45, 7) is 6.09. The second kappa shape index (κ2) is 4.35. The van der Waals surface area contributed by atoms with E-state index in [2.05, 4.69) is 4.99 Å². The number of carbonyl (C=O) groups excluding carboxylic acids is 1. The Morgan fingerprint density at radius 3 is 2.63 bits per heavy atom. The number of aliphatic imine (C=N–C) groups is 1. The van der Waals surface area contributed by atoms with E-state index in [1.165, 1.54) is 0 Å². The molecular formula is C14H19N3O2. The van der Waals surface area contributed by atoms with Crippen LogP contribution in [0.3, 0.4) is 0 Å². The first-order valence-electron chi connectivity index (χ1n) is 6.15. The molecule has 102 valence electrons. The van der Waals surface area contributed by atoms with Crippen LogP contribution in [0.25, 0.3) is 0 Å². The SMILES string of the molecule is CC1(C)OC[C@@](C)(c2cccc(C(N)=O)c2)N=C1N. The molecule has 0 spiro atoms. The number of nitrogens with zero attached hydrogens (tertiary/aromatic N) is 1. The van der Waals surface area contributed by atoms with Gasteiger partial charge in [-0.25, -0.2) is 0 Å². The largest absolute Gasteiger partial charge is 0.385 e. The monoisotopic (exact) mass is 261 g/mol. The van der Waals surface area contributed by atoms with Crippen molar-refractivity contribution in [2.75, 3.05) is 6.61 Å². The average Bonchev–Trinajstić information content (AvgIpc) is 2.35. The Morgan fingerprint density at radius 2 is 2.05 bits per heavy atom. The molecule has 1 aromatic rings. The van der Waals surface area contributed by atoms with Crippen LogP contribution in [-0.4, -0.2) is 24.0 Å². The lowest BCUT2D eigenvalue weighted by atomic mass is 9.89. The number of primary amides is 1. The highest BCUT2D eigenvalue weighted by Crippen LogP contribution is 2.32. The van der Waals surface area contributed by atoms with Crippen molar-refractivity contribution >= 4 is 11.7 Å². The molecule has 0 aliphatic carbocycles. The minimum Gasteiger partial charge on any atom is -0.385 e. The summed E-state index contributed by atoms with van der Waals surface area (Å²) in [4.78, 5) is 15.8. The van der Waals surface area contributed by atoms with Crippen LogP contribution in [0.4, 0.5) is 0 Å². The summed E-state index contributed by atoms with van der Waals surface area (Å²) in [6.07, 6.45) is 0. The van der Waals surface area contributed by atoms with Crippen molar-refractivity contribution in [3.63, 3.8) is 0 Å². The van der Waals surface area contributed by atoms with Crippen LogP contribution in [0.2, 0.25) is 0 Å². The number of amidine groups is 1. The van der Waals surface area contributed by atoms with Crippen molar-refractivity contribution in [1.29, 1.82) is 0 Å². The van der Waals surface area contributed by atoms with E-state index in [-0.39, 0.29) is 0 Å². The number of nitrogens with two attached hydrogens (primary N) is 2. The summed E-state index contributed by atoms with van der Waals surface area (Å²) < 4.78 is 5.78. The van der Waals surface area contributed by atoms with E-state index in [1.807, 2.05) is 26.8 Å². The predicted molar refractivity (Wildman–Crippen MR) is 74.0 cm³/mol. The van der Waals surface area contributed by atoms with Crippen LogP contribution in [0, 0.1) is 0 Å². The predicted octanol–water partition coefficient (Wildman–Crippen LogP) is 1.17. The number of hydrogen-bond donors (Lipinski definition) is 2. The van der Waals surface area contributed by atoms with Gasteiger partial charge < -0.3 is 16.2 Å². The maximum atomic E-state index is 11.2. The first-order chi connectivity index (χ1) is 8.74. The van der Waals surface area contributed by atoms with Gasteiger partial charge in [0.2, 0.25) is 5.91 Å². The molecule has 4 N–H and O–H groups in total. The van der Waals surface area contributed by atoms with Crippen molar-refractivity contribution in [2.45, 2.75) is 31.9 Å². The summed E-state index contributed by atoms with van der Waals surface area (Å²) >= 11 is 0. The number of amides is 1. The first-order valence-corrected chi connectivity index (χ1v) is 6.15. The normalized spacial score (nSPS) is 25.7. The lowest BCUT2D eigenvalue weighted by molar-refractivity contribution is -0.00869. The second-order valence-corrected chi connectivity index (χ2v) is 5.51. The van der Waals surface area contributed by atoms with Crippen LogP contribution in [-0.2, 0) is 10.3 Å². The standard InChI is InChI=1S/C14H19N3O2/c1-13(2)12(16)17-14(3,8-19-13)10-6-4-5-9(7-10)11(15)18/h4-7H,8H2,1-3H3,(H2,15,18)(H2,16,17)/t14-/m0/s1. The minimum absolute atomic E-state index is 0.406. The summed E-state index contributed by atoms with van der Waals surface area (Å²) in [5.74, 6) is -0.00909. The molecule has 0 radical (unpaired) electrons. The van der Waals surface area contributed by atoms with E-state index in [1.54, 1.807) is 18.2 Å². The molecule has 5 nitrogen and oxygen atoms in total. The fourth-order valence-corrected chi connectivity index (χ4v) is 1.98. The third-order valence-electron chi connectivity index (χ3n) is 3.47. The van der Waals surface area contributed by atoms with Gasteiger partial charge in [0.15, 0.2) is 0 Å². The van der Waals surface area contributed by atoms with E-state index in [4.69, 9.17) is 16.2 Å². The van der Waals surface area contributed by atoms with Gasteiger partial charge in [-0.3, -0.25) is 9.79 Å². The number of ether oxygens (including phenoxy) is 1. The summed E-state index contributed by atoms with van der Waals surface area (Å²) in [6, 6.07) is 7.09. The lowest BCUT2D eigenvalue weighted by Gasteiger charge is -2.38. The van der Waals surface area contributed by atoms with Gasteiger partial charge in [0, 0.05) is 5.56 Å². The molecule has 2 rings (SSSR count). The van der Waals surface area contributed by atoms with Crippen molar-refractivity contribution < 1.29 is 9.53 Å². The number of benzene rings is 1. The highest BCUT2D eigenvalue weighted by molar-refractivity contribution is 5.93. The summed E-state index contributed by atoms with van der Waals surface area (Å²) in [5.41, 5.74) is 11.4. The molecule has 1 heterocycles. The maximum Gasteiger partial charge on any atom is 0.248 e. The molecule has 0 unspecified atom stereocenters. The van der Waals surface area contributed by atoms with E-state index < -0.39 is 17.0 Å². The van der Waals surface area contributed by atoms with Crippen molar-refractivity contribution in [2.24, 2.45) is 16.5 Å². The van der Waals surface area contributed by atoms with Gasteiger partial charge in [-0.15, -0.1) is 0 Å². The molecule has 19 heavy (non-hydrogen) atoms. The van der Waals surface area contributed by atoms with Gasteiger partial charge in [-0.05, 0) is 38.5 Å². The third-order valence-corrected chi connectivity index (χ3v) is 3.47. The molecule has 1 aliphatic heterocycles. The lowest BCUT2D eigenvalue weighted by Crippen LogP contribution is -2.50. The quantitative estimate of drug-likeness (QED) is 0.837. The topological polar surface area (TPSA) is 90.7 Å². The Morgan fingerprint density at radius 1 is 1.37 bits per heavy atom. The smallest absolute Gasteiger partial charge is 0.248 e. The van der Waals surface area contributed by atoms with Gasteiger partial charge in [-0.2, -0.15) is 0 Å². The number of hydrogen-bond acceptors (Lipinski definition) is 4. The van der Waals surface area contributed by atoms with E-state index >= 15 is 0 Å². The van der Waals surface area contributed by atoms with Crippen LogP contribution in [0.5, 0.6) is 0 Å². The summed E-state index contributed by atoms with van der Waals surface area (Å²) in [7, 11) is 0. The molecule has 1 amide bonds. The molecular weight excluding hydrogens is 242 g/mol. The molecule has 1 atom stereocenters. The van der Waals surface area contributed by atoms with Gasteiger partial charge in [-0.1, -0.05) is 12.1 Å². The van der Waals surface area contributed by atoms with Gasteiger partial charge >= 0.3 is 0 Å². The second-order valence-electron chi connectivity index (χ2n) is 5.51. The molecule has 5 heteroatoms. The Balaban J connectivity index is 2.44. The van der Waals surface area contributed by atoms with Crippen LogP contribution in [0.1, 0.15) is 36.7 Å². The zero-order valence-corrected chi connectivity index (χ0v) is 11.4. The fraction of sp³-hybridized carbons (Fsp3) is 0.429. The Hall–Kier alpha value is -1.88. The Bertz CT molecular complexity index is 551. The fourth-order valence-electron chi connectivity index (χ4n) is 1.98. The third kappa shape index (κ3) is 2.46. The highest BCUT2D eigenvalue weighted by atomic mass is 16.5. The van der Waals surface area contributed by atoms with Crippen molar-refractivity contribution in [3.05, 3.63) is 35.4 Å². The molecule has 0 bridgehead atoms. The van der Waals surface area contributed by atoms with Crippen molar-refractivity contribution in [1.82, 2.24) is 0 Å². The Labute approximate surface area is 112 Å². The zero-order chi connectivity index (χ0) is 14.3. The van der Waals surface area contributed by atoms with Gasteiger partial charge in [0.05, 0.1) is 6.61 Å². The average molecular weight is 261 g/mol. The molecule has 0 aromatic heterocycles. The van der Waals surface area contributed by atoms with E-state index in [0.29, 0.717) is 18.0 Å². The van der Waals surface area contributed by atoms with E-state index in [9.17, 15) is 4.79 Å². The van der Waals surface area contributed by atoms with Crippen LogP contribution < -0.4 is 11.5 Å². The van der Waals surface area contributed by atoms with E-state index in [0.717, 1.165) is 5.56 Å². The summed E-state index contributed by atoms with van der Waals surface area (Å²) in [5, 5.41) is 0. The highest BCUT2D eigenvalue weighted by Gasteiger charge is 2.38. The molecule has 1 aliphatic rings. The molecule has 0 saturated heterocycles.